The monoisotopic (exact) mass is 224 g/mol. The average molecular weight is 224 g/mol. The molecule has 0 aromatic carbocycles. The fourth-order valence-corrected chi connectivity index (χ4v) is 3.13. The van der Waals surface area contributed by atoms with Crippen molar-refractivity contribution in [2.75, 3.05) is 5.75 Å². The maximum atomic E-state index is 11.8. The second-order valence-electron chi connectivity index (χ2n) is 4.00. The Morgan fingerprint density at radius 3 is 2.93 bits per heavy atom. The highest BCUT2D eigenvalue weighted by Gasteiger charge is 2.18. The third kappa shape index (κ3) is 2.62. The van der Waals surface area contributed by atoms with Crippen molar-refractivity contribution in [2.24, 2.45) is 7.05 Å². The summed E-state index contributed by atoms with van der Waals surface area (Å²) in [6, 6.07) is 0. The van der Waals surface area contributed by atoms with Crippen molar-refractivity contribution in [3.05, 3.63) is 18.2 Å². The van der Waals surface area contributed by atoms with E-state index in [-0.39, 0.29) is 5.78 Å². The quantitative estimate of drug-likeness (QED) is 0.736. The molecular weight excluding hydrogens is 208 g/mol. The molecule has 4 heteroatoms. The van der Waals surface area contributed by atoms with E-state index >= 15 is 0 Å². The second-order valence-corrected chi connectivity index (χ2v) is 5.29. The van der Waals surface area contributed by atoms with E-state index in [9.17, 15) is 4.79 Å². The summed E-state index contributed by atoms with van der Waals surface area (Å²) in [6.07, 6.45) is 8.69. The van der Waals surface area contributed by atoms with Crippen molar-refractivity contribution in [1.82, 2.24) is 9.55 Å². The molecule has 0 bridgehead atoms. The van der Waals surface area contributed by atoms with Crippen molar-refractivity contribution in [3.8, 4) is 0 Å². The van der Waals surface area contributed by atoms with Crippen LogP contribution in [-0.4, -0.2) is 26.3 Å². The second kappa shape index (κ2) is 4.84. The molecule has 0 N–H and O–H groups in total. The van der Waals surface area contributed by atoms with Crippen LogP contribution in [0.25, 0.3) is 0 Å². The van der Waals surface area contributed by atoms with Crippen LogP contribution in [0.15, 0.2) is 12.4 Å². The molecule has 0 spiro atoms. The minimum Gasteiger partial charge on any atom is -0.332 e. The lowest BCUT2D eigenvalue weighted by molar-refractivity contribution is 0.101. The first-order valence-electron chi connectivity index (χ1n) is 5.39. The van der Waals surface area contributed by atoms with Crippen LogP contribution in [0.5, 0.6) is 0 Å². The van der Waals surface area contributed by atoms with Gasteiger partial charge in [-0.15, -0.1) is 0 Å². The van der Waals surface area contributed by atoms with Crippen molar-refractivity contribution >= 4 is 17.5 Å². The molecule has 1 fully saturated rings. The minimum absolute atomic E-state index is 0.152. The van der Waals surface area contributed by atoms with Gasteiger partial charge in [0.1, 0.15) is 0 Å². The van der Waals surface area contributed by atoms with E-state index in [0.717, 1.165) is 0 Å². The Balaban J connectivity index is 1.84. The lowest BCUT2D eigenvalue weighted by Gasteiger charge is -2.07. The van der Waals surface area contributed by atoms with E-state index in [1.165, 1.54) is 25.7 Å². The van der Waals surface area contributed by atoms with Crippen molar-refractivity contribution in [3.63, 3.8) is 0 Å². The fourth-order valence-electron chi connectivity index (χ4n) is 1.95. The summed E-state index contributed by atoms with van der Waals surface area (Å²) in [5.74, 6) is 1.31. The molecule has 15 heavy (non-hydrogen) atoms. The van der Waals surface area contributed by atoms with Gasteiger partial charge in [0.05, 0.1) is 5.75 Å². The molecule has 2 rings (SSSR count). The van der Waals surface area contributed by atoms with E-state index in [4.69, 9.17) is 0 Å². The minimum atomic E-state index is 0.152. The van der Waals surface area contributed by atoms with Gasteiger partial charge >= 0.3 is 0 Å². The highest BCUT2D eigenvalue weighted by molar-refractivity contribution is 8.00. The lowest BCUT2D eigenvalue weighted by Crippen LogP contribution is -2.11. The summed E-state index contributed by atoms with van der Waals surface area (Å²) in [5, 5.41) is 0.703. The molecule has 0 aliphatic heterocycles. The van der Waals surface area contributed by atoms with Gasteiger partial charge in [-0.25, -0.2) is 4.98 Å². The Kier molecular flexibility index (Phi) is 3.46. The molecule has 1 aliphatic rings. The van der Waals surface area contributed by atoms with Crippen molar-refractivity contribution in [1.29, 1.82) is 0 Å². The van der Waals surface area contributed by atoms with Crippen LogP contribution in [0.4, 0.5) is 0 Å². The molecule has 1 aromatic heterocycles. The van der Waals surface area contributed by atoms with Crippen LogP contribution in [0.1, 0.15) is 36.3 Å². The van der Waals surface area contributed by atoms with E-state index in [1.54, 1.807) is 22.5 Å². The van der Waals surface area contributed by atoms with Crippen LogP contribution < -0.4 is 0 Å². The smallest absolute Gasteiger partial charge is 0.208 e. The van der Waals surface area contributed by atoms with E-state index in [0.29, 0.717) is 16.8 Å². The number of thioether (sulfide) groups is 1. The molecule has 3 nitrogen and oxygen atoms in total. The number of hydrogen-bond donors (Lipinski definition) is 0. The number of carbonyl (C=O) groups is 1. The summed E-state index contributed by atoms with van der Waals surface area (Å²) in [5.41, 5.74) is 0. The van der Waals surface area contributed by atoms with Gasteiger partial charge in [-0.1, -0.05) is 12.8 Å². The average Bonchev–Trinajstić information content (AvgIpc) is 2.84. The molecule has 1 aromatic rings. The van der Waals surface area contributed by atoms with Crippen LogP contribution in [0, 0.1) is 0 Å². The normalized spacial score (nSPS) is 17.1. The molecule has 0 unspecified atom stereocenters. The number of nitrogens with zero attached hydrogens (tertiary/aromatic N) is 2. The van der Waals surface area contributed by atoms with Crippen LogP contribution in [0.2, 0.25) is 0 Å². The Labute approximate surface area is 94.3 Å². The first-order valence-corrected chi connectivity index (χ1v) is 6.44. The number of hydrogen-bond acceptors (Lipinski definition) is 3. The van der Waals surface area contributed by atoms with Crippen molar-refractivity contribution in [2.45, 2.75) is 30.9 Å². The summed E-state index contributed by atoms with van der Waals surface area (Å²) >= 11 is 1.80. The Morgan fingerprint density at radius 1 is 1.60 bits per heavy atom. The van der Waals surface area contributed by atoms with Gasteiger partial charge in [0.2, 0.25) is 5.78 Å². The Bertz CT molecular complexity index is 342. The van der Waals surface area contributed by atoms with E-state index in [2.05, 4.69) is 4.98 Å². The largest absolute Gasteiger partial charge is 0.332 e. The lowest BCUT2D eigenvalue weighted by atomic mass is 10.4. The zero-order valence-electron chi connectivity index (χ0n) is 8.98. The fraction of sp³-hybridized carbons (Fsp3) is 0.636. The van der Waals surface area contributed by atoms with Gasteiger partial charge in [-0.2, -0.15) is 11.8 Å². The molecule has 0 radical (unpaired) electrons. The Hall–Kier alpha value is -0.770. The summed E-state index contributed by atoms with van der Waals surface area (Å²) in [7, 11) is 1.86. The summed E-state index contributed by atoms with van der Waals surface area (Å²) in [6.45, 7) is 0. The maximum absolute atomic E-state index is 11.8. The number of imidazole rings is 1. The van der Waals surface area contributed by atoms with E-state index < -0.39 is 0 Å². The first-order chi connectivity index (χ1) is 7.27. The van der Waals surface area contributed by atoms with Gasteiger partial charge in [-0.05, 0) is 12.8 Å². The molecule has 1 aliphatic carbocycles. The molecular formula is C11H16N2OS. The van der Waals surface area contributed by atoms with E-state index in [1.807, 2.05) is 13.2 Å². The number of ketones is 1. The number of Topliss-reactive ketones (excluding diaryl/α,β-unsaturated/α-hetero) is 1. The highest BCUT2D eigenvalue weighted by Crippen LogP contribution is 2.29. The summed E-state index contributed by atoms with van der Waals surface area (Å²) < 4.78 is 1.79. The van der Waals surface area contributed by atoms with Crippen LogP contribution >= 0.6 is 11.8 Å². The highest BCUT2D eigenvalue weighted by atomic mass is 32.2. The van der Waals surface area contributed by atoms with Gasteiger partial charge in [0.25, 0.3) is 0 Å². The predicted molar refractivity (Wildman–Crippen MR) is 62.3 cm³/mol. The predicted octanol–water partition coefficient (Wildman–Crippen LogP) is 2.28. The molecule has 1 heterocycles. The van der Waals surface area contributed by atoms with Crippen molar-refractivity contribution < 1.29 is 4.79 Å². The first kappa shape index (κ1) is 10.7. The topological polar surface area (TPSA) is 34.9 Å². The van der Waals surface area contributed by atoms with Gasteiger partial charge < -0.3 is 4.57 Å². The molecule has 0 saturated heterocycles. The third-order valence-corrected chi connectivity index (χ3v) is 4.19. The molecule has 0 amide bonds. The van der Waals surface area contributed by atoms with Crippen LogP contribution in [0.3, 0.4) is 0 Å². The van der Waals surface area contributed by atoms with Gasteiger partial charge in [0, 0.05) is 24.7 Å². The molecule has 0 atom stereocenters. The zero-order chi connectivity index (χ0) is 10.7. The Morgan fingerprint density at radius 2 is 2.33 bits per heavy atom. The maximum Gasteiger partial charge on any atom is 0.208 e. The number of rotatable bonds is 4. The van der Waals surface area contributed by atoms with Gasteiger partial charge in [0.15, 0.2) is 5.82 Å². The number of aromatic nitrogens is 2. The third-order valence-electron chi connectivity index (χ3n) is 2.82. The van der Waals surface area contributed by atoms with Gasteiger partial charge in [-0.3, -0.25) is 4.79 Å². The zero-order valence-corrected chi connectivity index (χ0v) is 9.80. The number of aryl methyl sites for hydroxylation is 1. The molecule has 82 valence electrons. The SMILES string of the molecule is Cn1ccnc1C(=O)CSC1CCCC1. The molecule has 1 saturated carbocycles. The standard InChI is InChI=1S/C11H16N2OS/c1-13-7-6-12-11(13)10(14)8-15-9-4-2-3-5-9/h6-7,9H,2-5,8H2,1H3. The number of carbonyl (C=O) groups excluding carboxylic acids is 1. The van der Waals surface area contributed by atoms with Crippen LogP contribution in [-0.2, 0) is 7.05 Å². The summed E-state index contributed by atoms with van der Waals surface area (Å²) in [4.78, 5) is 15.8.